The lowest BCUT2D eigenvalue weighted by Crippen LogP contribution is -2.43. The van der Waals surface area contributed by atoms with Crippen molar-refractivity contribution in [2.45, 2.75) is 31.3 Å². The monoisotopic (exact) mass is 138 g/mol. The summed E-state index contributed by atoms with van der Waals surface area (Å²) in [5.41, 5.74) is 5.74. The molecule has 1 fully saturated rings. The van der Waals surface area contributed by atoms with Crippen LogP contribution in [0.2, 0.25) is 0 Å². The Labute approximate surface area is 62.2 Å². The Bertz CT molecular complexity index is 153. The Balaban J connectivity index is 2.32. The van der Waals surface area contributed by atoms with Crippen molar-refractivity contribution in [2.75, 3.05) is 6.54 Å². The highest BCUT2D eigenvalue weighted by Crippen LogP contribution is 2.34. The third kappa shape index (κ3) is 1.50. The molecule has 1 unspecified atom stereocenters. The third-order valence-corrected chi connectivity index (χ3v) is 2.02. The van der Waals surface area contributed by atoms with E-state index >= 15 is 0 Å². The normalized spacial score (nSPS) is 23.3. The molecule has 0 spiro atoms. The zero-order valence-electron chi connectivity index (χ0n) is 6.35. The fraction of sp³-hybridized carbons (Fsp3) is 0.750. The summed E-state index contributed by atoms with van der Waals surface area (Å²) in [6.07, 6.45) is 7.56. The summed E-state index contributed by atoms with van der Waals surface area (Å²) in [5.74, 6) is 2.63. The van der Waals surface area contributed by atoms with E-state index in [0.29, 0.717) is 6.54 Å². The van der Waals surface area contributed by atoms with Gasteiger partial charge in [0.1, 0.15) is 0 Å². The second-order valence-corrected chi connectivity index (χ2v) is 3.02. The van der Waals surface area contributed by atoms with Crippen molar-refractivity contribution in [3.63, 3.8) is 0 Å². The largest absolute Gasteiger partial charge is 0.329 e. The molecule has 0 aromatic carbocycles. The maximum Gasteiger partial charge on any atom is 0.0663 e. The van der Waals surface area contributed by atoms with Gasteiger partial charge in [-0.1, -0.05) is 5.92 Å². The van der Waals surface area contributed by atoms with Crippen LogP contribution in [0.25, 0.3) is 0 Å². The van der Waals surface area contributed by atoms with E-state index in [9.17, 15) is 0 Å². The Morgan fingerprint density at radius 1 is 1.80 bits per heavy atom. The van der Waals surface area contributed by atoms with Crippen molar-refractivity contribution in [2.24, 2.45) is 5.73 Å². The zero-order valence-corrected chi connectivity index (χ0v) is 6.35. The van der Waals surface area contributed by atoms with E-state index in [1.165, 1.54) is 12.8 Å². The van der Waals surface area contributed by atoms with Gasteiger partial charge in [0.2, 0.25) is 0 Å². The third-order valence-electron chi connectivity index (χ3n) is 2.02. The predicted octanol–water partition coefficient (Wildman–Crippen LogP) is 0.0890. The molecule has 56 valence electrons. The molecule has 0 bridgehead atoms. The first-order valence-corrected chi connectivity index (χ1v) is 3.66. The van der Waals surface area contributed by atoms with Crippen LogP contribution < -0.4 is 11.1 Å². The molecule has 1 aliphatic rings. The van der Waals surface area contributed by atoms with Crippen molar-refractivity contribution < 1.29 is 0 Å². The van der Waals surface area contributed by atoms with E-state index in [0.717, 1.165) is 0 Å². The molecule has 0 amide bonds. The smallest absolute Gasteiger partial charge is 0.0663 e. The minimum Gasteiger partial charge on any atom is -0.329 e. The molecular weight excluding hydrogens is 124 g/mol. The topological polar surface area (TPSA) is 38.0 Å². The zero-order chi connectivity index (χ0) is 7.61. The first-order valence-electron chi connectivity index (χ1n) is 3.66. The highest BCUT2D eigenvalue weighted by atomic mass is 15.1. The Kier molecular flexibility index (Phi) is 1.98. The van der Waals surface area contributed by atoms with Gasteiger partial charge in [-0.05, 0) is 19.8 Å². The summed E-state index contributed by atoms with van der Waals surface area (Å²) >= 11 is 0. The van der Waals surface area contributed by atoms with Gasteiger partial charge in [-0.2, -0.15) is 0 Å². The van der Waals surface area contributed by atoms with Crippen molar-refractivity contribution in [1.82, 2.24) is 5.32 Å². The van der Waals surface area contributed by atoms with Crippen LogP contribution in [-0.2, 0) is 0 Å². The van der Waals surface area contributed by atoms with Gasteiger partial charge in [-0.3, -0.25) is 5.32 Å². The molecule has 0 aromatic rings. The maximum atomic E-state index is 5.54. The number of terminal acetylenes is 1. The van der Waals surface area contributed by atoms with Crippen LogP contribution in [0.15, 0.2) is 0 Å². The summed E-state index contributed by atoms with van der Waals surface area (Å²) in [7, 11) is 0. The Morgan fingerprint density at radius 2 is 2.40 bits per heavy atom. The summed E-state index contributed by atoms with van der Waals surface area (Å²) in [6, 6.07) is 0.158. The second-order valence-electron chi connectivity index (χ2n) is 3.02. The van der Waals surface area contributed by atoms with Crippen molar-refractivity contribution in [3.05, 3.63) is 0 Å². The summed E-state index contributed by atoms with van der Waals surface area (Å²) in [5, 5.41) is 3.31. The van der Waals surface area contributed by atoms with Gasteiger partial charge in [0, 0.05) is 12.1 Å². The van der Waals surface area contributed by atoms with Gasteiger partial charge >= 0.3 is 0 Å². The van der Waals surface area contributed by atoms with E-state index in [4.69, 9.17) is 12.2 Å². The van der Waals surface area contributed by atoms with Gasteiger partial charge in [0.15, 0.2) is 0 Å². The summed E-state index contributed by atoms with van der Waals surface area (Å²) in [6.45, 7) is 2.69. The van der Waals surface area contributed by atoms with Gasteiger partial charge in [0.05, 0.1) is 6.04 Å². The van der Waals surface area contributed by atoms with E-state index in [1.54, 1.807) is 0 Å². The van der Waals surface area contributed by atoms with Crippen LogP contribution in [0.1, 0.15) is 19.8 Å². The second kappa shape index (κ2) is 2.61. The average Bonchev–Trinajstić information content (AvgIpc) is 2.70. The number of hydrogen-bond acceptors (Lipinski definition) is 2. The van der Waals surface area contributed by atoms with Crippen LogP contribution in [0.3, 0.4) is 0 Å². The fourth-order valence-corrected chi connectivity index (χ4v) is 1.06. The van der Waals surface area contributed by atoms with E-state index in [2.05, 4.69) is 11.2 Å². The van der Waals surface area contributed by atoms with E-state index in [-0.39, 0.29) is 11.6 Å². The molecule has 0 aromatic heterocycles. The molecule has 1 rings (SSSR count). The van der Waals surface area contributed by atoms with Gasteiger partial charge in [-0.15, -0.1) is 6.42 Å². The van der Waals surface area contributed by atoms with Gasteiger partial charge in [0.25, 0.3) is 0 Å². The van der Waals surface area contributed by atoms with E-state index in [1.807, 2.05) is 6.92 Å². The molecule has 2 heteroatoms. The van der Waals surface area contributed by atoms with Gasteiger partial charge < -0.3 is 5.73 Å². The molecule has 0 aliphatic heterocycles. The first-order chi connectivity index (χ1) is 4.72. The quantitative estimate of drug-likeness (QED) is 0.542. The molecule has 0 heterocycles. The van der Waals surface area contributed by atoms with Crippen molar-refractivity contribution in [1.29, 1.82) is 0 Å². The van der Waals surface area contributed by atoms with Crippen LogP contribution in [0.4, 0.5) is 0 Å². The standard InChI is InChI=1S/C8H14N2/c1-3-7(2)10-8(6-9)4-5-8/h1,7,10H,4-6,9H2,2H3. The predicted molar refractivity (Wildman–Crippen MR) is 42.5 cm³/mol. The molecular formula is C8H14N2. The first kappa shape index (κ1) is 7.59. The minimum absolute atomic E-state index is 0.158. The van der Waals surface area contributed by atoms with Crippen LogP contribution in [0.5, 0.6) is 0 Å². The molecule has 0 saturated heterocycles. The summed E-state index contributed by atoms with van der Waals surface area (Å²) < 4.78 is 0. The van der Waals surface area contributed by atoms with Crippen molar-refractivity contribution >= 4 is 0 Å². The summed E-state index contributed by atoms with van der Waals surface area (Å²) in [4.78, 5) is 0. The molecule has 10 heavy (non-hydrogen) atoms. The number of nitrogens with two attached hydrogens (primary N) is 1. The Hall–Kier alpha value is -0.520. The SMILES string of the molecule is C#CC(C)NC1(CN)CC1. The lowest BCUT2D eigenvalue weighted by molar-refractivity contribution is 0.484. The highest BCUT2D eigenvalue weighted by Gasteiger charge is 2.41. The number of hydrogen-bond donors (Lipinski definition) is 2. The number of nitrogens with one attached hydrogen (secondary N) is 1. The maximum absolute atomic E-state index is 5.54. The van der Waals surface area contributed by atoms with Crippen LogP contribution >= 0.6 is 0 Å². The molecule has 1 aliphatic carbocycles. The van der Waals surface area contributed by atoms with Crippen molar-refractivity contribution in [3.8, 4) is 12.3 Å². The Morgan fingerprint density at radius 3 is 2.70 bits per heavy atom. The molecule has 2 nitrogen and oxygen atoms in total. The molecule has 1 saturated carbocycles. The molecule has 0 radical (unpaired) electrons. The van der Waals surface area contributed by atoms with Crippen LogP contribution in [-0.4, -0.2) is 18.1 Å². The fourth-order valence-electron chi connectivity index (χ4n) is 1.06. The van der Waals surface area contributed by atoms with Gasteiger partial charge in [-0.25, -0.2) is 0 Å². The highest BCUT2D eigenvalue weighted by molar-refractivity contribution is 5.08. The van der Waals surface area contributed by atoms with E-state index < -0.39 is 0 Å². The molecule has 1 atom stereocenters. The minimum atomic E-state index is 0.158. The van der Waals surface area contributed by atoms with Crippen LogP contribution in [0, 0.1) is 12.3 Å². The molecule has 3 N–H and O–H groups in total. The lowest BCUT2D eigenvalue weighted by atomic mass is 10.2. The lowest BCUT2D eigenvalue weighted by Gasteiger charge is -2.16. The number of rotatable bonds is 3. The average molecular weight is 138 g/mol.